The second-order valence-corrected chi connectivity index (χ2v) is 6.25. The zero-order chi connectivity index (χ0) is 14.9. The number of carboxylic acid groups (broad SMARTS) is 1. The first-order valence-corrected chi connectivity index (χ1v) is 7.31. The summed E-state index contributed by atoms with van der Waals surface area (Å²) in [6, 6.07) is 5.13. The minimum absolute atomic E-state index is 0.0201. The summed E-state index contributed by atoms with van der Waals surface area (Å²) >= 11 is 3.23. The predicted molar refractivity (Wildman–Crippen MR) is 77.4 cm³/mol. The van der Waals surface area contributed by atoms with Gasteiger partial charge in [-0.15, -0.1) is 0 Å². The molecular formula is C14H17BrN2O3. The number of amides is 1. The molecule has 0 saturated carbocycles. The lowest BCUT2D eigenvalue weighted by Gasteiger charge is -2.28. The third-order valence-corrected chi connectivity index (χ3v) is 4.50. The average molecular weight is 341 g/mol. The number of aromatic nitrogens is 1. The lowest BCUT2D eigenvalue weighted by molar-refractivity contribution is -0.150. The molecular weight excluding hydrogens is 324 g/mol. The zero-order valence-electron chi connectivity index (χ0n) is 11.5. The van der Waals surface area contributed by atoms with Gasteiger partial charge in [-0.1, -0.05) is 19.9 Å². The van der Waals surface area contributed by atoms with Gasteiger partial charge >= 0.3 is 5.97 Å². The summed E-state index contributed by atoms with van der Waals surface area (Å²) in [7, 11) is 0. The van der Waals surface area contributed by atoms with Crippen molar-refractivity contribution in [2.24, 2.45) is 11.3 Å². The van der Waals surface area contributed by atoms with Gasteiger partial charge in [-0.3, -0.25) is 9.59 Å². The first kappa shape index (κ1) is 15.0. The topological polar surface area (TPSA) is 70.5 Å². The molecule has 2 heterocycles. The molecule has 1 fully saturated rings. The van der Waals surface area contributed by atoms with E-state index in [0.29, 0.717) is 23.3 Å². The average Bonchev–Trinajstić information content (AvgIpc) is 2.84. The van der Waals surface area contributed by atoms with Crippen LogP contribution in [0.2, 0.25) is 0 Å². The fourth-order valence-corrected chi connectivity index (χ4v) is 2.93. The highest BCUT2D eigenvalue weighted by Gasteiger charge is 2.48. The van der Waals surface area contributed by atoms with Gasteiger partial charge in [0.05, 0.1) is 5.41 Å². The number of rotatable bonds is 3. The van der Waals surface area contributed by atoms with Crippen molar-refractivity contribution in [2.75, 3.05) is 13.1 Å². The van der Waals surface area contributed by atoms with E-state index in [9.17, 15) is 14.7 Å². The van der Waals surface area contributed by atoms with Crippen molar-refractivity contribution in [2.45, 2.75) is 20.3 Å². The van der Waals surface area contributed by atoms with E-state index >= 15 is 0 Å². The van der Waals surface area contributed by atoms with Crippen molar-refractivity contribution < 1.29 is 14.7 Å². The summed E-state index contributed by atoms with van der Waals surface area (Å²) in [5.74, 6) is -1.06. The molecule has 0 aliphatic carbocycles. The van der Waals surface area contributed by atoms with E-state index in [1.165, 1.54) is 0 Å². The van der Waals surface area contributed by atoms with Crippen LogP contribution < -0.4 is 0 Å². The fourth-order valence-electron chi connectivity index (χ4n) is 2.59. The third kappa shape index (κ3) is 2.57. The molecule has 0 bridgehead atoms. The van der Waals surface area contributed by atoms with Crippen molar-refractivity contribution >= 4 is 27.8 Å². The Morgan fingerprint density at radius 3 is 2.65 bits per heavy atom. The Hall–Kier alpha value is -1.43. The number of carbonyl (C=O) groups excluding carboxylic acids is 1. The molecule has 1 N–H and O–H groups in total. The highest BCUT2D eigenvalue weighted by atomic mass is 79.9. The lowest BCUT2D eigenvalue weighted by Crippen LogP contribution is -2.40. The van der Waals surface area contributed by atoms with Gasteiger partial charge in [0.25, 0.3) is 5.91 Å². The van der Waals surface area contributed by atoms with Crippen molar-refractivity contribution in [3.8, 4) is 0 Å². The standard InChI is InChI=1S/C14H17BrN2O3/c1-9(2)14(13(19)20)6-7-17(8-14)12(18)10-4-3-5-11(15)16-10/h3-5,9H,6-8H2,1-2H3,(H,19,20). The number of hydrogen-bond acceptors (Lipinski definition) is 3. The summed E-state index contributed by atoms with van der Waals surface area (Å²) in [4.78, 5) is 29.7. The molecule has 5 nitrogen and oxygen atoms in total. The van der Waals surface area contributed by atoms with Crippen LogP contribution in [0.5, 0.6) is 0 Å². The fraction of sp³-hybridized carbons (Fsp3) is 0.500. The molecule has 1 saturated heterocycles. The Morgan fingerprint density at radius 2 is 2.15 bits per heavy atom. The molecule has 1 amide bonds. The smallest absolute Gasteiger partial charge is 0.311 e. The lowest BCUT2D eigenvalue weighted by atomic mass is 9.76. The van der Waals surface area contributed by atoms with Crippen molar-refractivity contribution in [3.05, 3.63) is 28.5 Å². The highest BCUT2D eigenvalue weighted by molar-refractivity contribution is 9.10. The van der Waals surface area contributed by atoms with E-state index in [-0.39, 0.29) is 18.4 Å². The summed E-state index contributed by atoms with van der Waals surface area (Å²) in [6.45, 7) is 4.48. The minimum Gasteiger partial charge on any atom is -0.481 e. The molecule has 1 unspecified atom stereocenters. The number of nitrogens with zero attached hydrogens (tertiary/aromatic N) is 2. The monoisotopic (exact) mass is 340 g/mol. The van der Waals surface area contributed by atoms with Gasteiger partial charge < -0.3 is 10.0 Å². The Kier molecular flexibility index (Phi) is 4.13. The first-order chi connectivity index (χ1) is 9.36. The predicted octanol–water partition coefficient (Wildman–Crippen LogP) is 2.42. The maximum atomic E-state index is 12.4. The number of hydrogen-bond donors (Lipinski definition) is 1. The summed E-state index contributed by atoms with van der Waals surface area (Å²) in [5.41, 5.74) is -0.508. The molecule has 0 aromatic carbocycles. The second kappa shape index (κ2) is 5.52. The summed E-state index contributed by atoms with van der Waals surface area (Å²) < 4.78 is 0.593. The molecule has 0 radical (unpaired) electrons. The van der Waals surface area contributed by atoms with E-state index in [1.807, 2.05) is 13.8 Å². The van der Waals surface area contributed by atoms with Crippen molar-refractivity contribution in [1.82, 2.24) is 9.88 Å². The van der Waals surface area contributed by atoms with Gasteiger partial charge in [-0.2, -0.15) is 0 Å². The van der Waals surface area contributed by atoms with E-state index in [1.54, 1.807) is 23.1 Å². The SMILES string of the molecule is CC(C)C1(C(=O)O)CCN(C(=O)c2cccc(Br)n2)C1. The largest absolute Gasteiger partial charge is 0.481 e. The van der Waals surface area contributed by atoms with Crippen LogP contribution in [0, 0.1) is 11.3 Å². The van der Waals surface area contributed by atoms with Gasteiger partial charge in [-0.05, 0) is 40.4 Å². The Morgan fingerprint density at radius 1 is 1.45 bits per heavy atom. The van der Waals surface area contributed by atoms with Gasteiger partial charge in [0, 0.05) is 13.1 Å². The maximum Gasteiger partial charge on any atom is 0.311 e. The van der Waals surface area contributed by atoms with Crippen molar-refractivity contribution in [3.63, 3.8) is 0 Å². The molecule has 0 spiro atoms. The van der Waals surface area contributed by atoms with E-state index < -0.39 is 11.4 Å². The molecule has 1 atom stereocenters. The van der Waals surface area contributed by atoms with Crippen LogP contribution >= 0.6 is 15.9 Å². The molecule has 108 valence electrons. The van der Waals surface area contributed by atoms with E-state index in [0.717, 1.165) is 0 Å². The molecule has 1 aliphatic heterocycles. The molecule has 2 rings (SSSR count). The maximum absolute atomic E-state index is 12.4. The third-order valence-electron chi connectivity index (χ3n) is 4.05. The van der Waals surface area contributed by atoms with Crippen LogP contribution in [0.4, 0.5) is 0 Å². The van der Waals surface area contributed by atoms with Gasteiger partial charge in [0.15, 0.2) is 0 Å². The van der Waals surface area contributed by atoms with Crippen LogP contribution in [-0.4, -0.2) is 40.0 Å². The Bertz CT molecular complexity index is 547. The van der Waals surface area contributed by atoms with Crippen LogP contribution in [-0.2, 0) is 4.79 Å². The highest BCUT2D eigenvalue weighted by Crippen LogP contribution is 2.38. The first-order valence-electron chi connectivity index (χ1n) is 6.52. The van der Waals surface area contributed by atoms with Gasteiger partial charge in [0.1, 0.15) is 10.3 Å². The van der Waals surface area contributed by atoms with Crippen LogP contribution in [0.1, 0.15) is 30.8 Å². The molecule has 6 heteroatoms. The minimum atomic E-state index is -0.846. The number of carboxylic acids is 1. The van der Waals surface area contributed by atoms with Crippen LogP contribution in [0.3, 0.4) is 0 Å². The summed E-state index contributed by atoms with van der Waals surface area (Å²) in [6.07, 6.45) is 0.486. The number of aliphatic carboxylic acids is 1. The van der Waals surface area contributed by atoms with Crippen LogP contribution in [0.25, 0.3) is 0 Å². The Labute approximate surface area is 126 Å². The van der Waals surface area contributed by atoms with Gasteiger partial charge in [-0.25, -0.2) is 4.98 Å². The number of likely N-dealkylation sites (tertiary alicyclic amines) is 1. The normalized spacial score (nSPS) is 22.3. The Balaban J connectivity index is 2.21. The van der Waals surface area contributed by atoms with E-state index in [4.69, 9.17) is 0 Å². The number of carbonyl (C=O) groups is 2. The van der Waals surface area contributed by atoms with Crippen LogP contribution in [0.15, 0.2) is 22.8 Å². The van der Waals surface area contributed by atoms with Gasteiger partial charge in [0.2, 0.25) is 0 Å². The second-order valence-electron chi connectivity index (χ2n) is 5.44. The molecule has 1 aliphatic rings. The number of halogens is 1. The summed E-state index contributed by atoms with van der Waals surface area (Å²) in [5, 5.41) is 9.49. The molecule has 1 aromatic rings. The number of pyridine rings is 1. The van der Waals surface area contributed by atoms with Crippen molar-refractivity contribution in [1.29, 1.82) is 0 Å². The quantitative estimate of drug-likeness (QED) is 0.857. The molecule has 1 aromatic heterocycles. The van der Waals surface area contributed by atoms with E-state index in [2.05, 4.69) is 20.9 Å². The molecule has 20 heavy (non-hydrogen) atoms. The zero-order valence-corrected chi connectivity index (χ0v) is 13.1.